The molecular weight excluding hydrogens is 228 g/mol. The molecule has 92 valence electrons. The molecule has 0 aliphatic heterocycles. The van der Waals surface area contributed by atoms with Crippen molar-refractivity contribution in [1.29, 1.82) is 0 Å². The van der Waals surface area contributed by atoms with E-state index in [1.54, 1.807) is 6.07 Å². The Balaban J connectivity index is 2.16. The van der Waals surface area contributed by atoms with Crippen LogP contribution in [-0.4, -0.2) is 23.1 Å². The maximum absolute atomic E-state index is 10.9. The quantitative estimate of drug-likeness (QED) is 0.894. The largest absolute Gasteiger partial charge is 0.478 e. The van der Waals surface area contributed by atoms with E-state index >= 15 is 0 Å². The number of rotatable bonds is 4. The van der Waals surface area contributed by atoms with Crippen LogP contribution in [0.1, 0.15) is 15.9 Å². The molecule has 0 atom stereocenters. The van der Waals surface area contributed by atoms with Gasteiger partial charge in [0.1, 0.15) is 5.82 Å². The molecule has 2 rings (SSSR count). The average molecular weight is 242 g/mol. The monoisotopic (exact) mass is 242 g/mol. The van der Waals surface area contributed by atoms with Crippen molar-refractivity contribution in [2.75, 3.05) is 11.9 Å². The minimum Gasteiger partial charge on any atom is -0.478 e. The summed E-state index contributed by atoms with van der Waals surface area (Å²) in [6.45, 7) is 0.691. The van der Waals surface area contributed by atoms with Crippen LogP contribution in [-0.2, 0) is 6.54 Å². The topological polar surface area (TPSA) is 53.4 Å². The fourth-order valence-corrected chi connectivity index (χ4v) is 1.70. The van der Waals surface area contributed by atoms with Crippen molar-refractivity contribution in [3.05, 3.63) is 59.8 Å². The molecule has 0 aliphatic carbocycles. The Morgan fingerprint density at radius 1 is 1.28 bits per heavy atom. The van der Waals surface area contributed by atoms with Gasteiger partial charge in [-0.25, -0.2) is 9.78 Å². The van der Waals surface area contributed by atoms with Crippen LogP contribution < -0.4 is 4.90 Å². The molecule has 4 nitrogen and oxygen atoms in total. The van der Waals surface area contributed by atoms with Gasteiger partial charge in [-0.1, -0.05) is 30.3 Å². The minimum atomic E-state index is -0.938. The predicted molar refractivity (Wildman–Crippen MR) is 69.7 cm³/mol. The molecule has 1 aromatic heterocycles. The summed E-state index contributed by atoms with van der Waals surface area (Å²) in [5.74, 6) is -0.287. The Morgan fingerprint density at radius 3 is 2.67 bits per heavy atom. The van der Waals surface area contributed by atoms with Gasteiger partial charge in [0.25, 0.3) is 0 Å². The Labute approximate surface area is 106 Å². The van der Waals surface area contributed by atoms with Gasteiger partial charge >= 0.3 is 5.97 Å². The fourth-order valence-electron chi connectivity index (χ4n) is 1.70. The second-order valence-corrected chi connectivity index (χ2v) is 4.05. The van der Waals surface area contributed by atoms with Crippen molar-refractivity contribution in [3.8, 4) is 0 Å². The van der Waals surface area contributed by atoms with E-state index in [4.69, 9.17) is 5.11 Å². The number of carboxylic acids is 1. The van der Waals surface area contributed by atoms with Gasteiger partial charge in [-0.3, -0.25) is 0 Å². The Hall–Kier alpha value is -2.36. The first-order valence-corrected chi connectivity index (χ1v) is 5.61. The van der Waals surface area contributed by atoms with Gasteiger partial charge in [0, 0.05) is 19.8 Å². The van der Waals surface area contributed by atoms with Gasteiger partial charge < -0.3 is 10.0 Å². The molecule has 18 heavy (non-hydrogen) atoms. The maximum atomic E-state index is 10.9. The van der Waals surface area contributed by atoms with E-state index in [2.05, 4.69) is 4.98 Å². The van der Waals surface area contributed by atoms with E-state index in [0.29, 0.717) is 12.4 Å². The first-order chi connectivity index (χ1) is 8.66. The van der Waals surface area contributed by atoms with Crippen LogP contribution in [0.5, 0.6) is 0 Å². The van der Waals surface area contributed by atoms with Gasteiger partial charge in [-0.05, 0) is 17.7 Å². The lowest BCUT2D eigenvalue weighted by molar-refractivity contribution is 0.0697. The lowest BCUT2D eigenvalue weighted by Gasteiger charge is -2.18. The summed E-state index contributed by atoms with van der Waals surface area (Å²) in [6, 6.07) is 13.0. The lowest BCUT2D eigenvalue weighted by Crippen LogP contribution is -2.18. The minimum absolute atomic E-state index is 0.250. The third-order valence-electron chi connectivity index (χ3n) is 2.65. The molecule has 1 N–H and O–H groups in total. The third kappa shape index (κ3) is 2.85. The molecule has 0 unspecified atom stereocenters. The zero-order chi connectivity index (χ0) is 13.0. The Kier molecular flexibility index (Phi) is 3.57. The number of anilines is 1. The van der Waals surface area contributed by atoms with Gasteiger partial charge in [0.05, 0.1) is 5.56 Å². The molecule has 0 aliphatic rings. The second-order valence-electron chi connectivity index (χ2n) is 4.05. The van der Waals surface area contributed by atoms with Crippen molar-refractivity contribution >= 4 is 11.8 Å². The highest BCUT2D eigenvalue weighted by atomic mass is 16.4. The van der Waals surface area contributed by atoms with E-state index in [1.807, 2.05) is 42.3 Å². The highest BCUT2D eigenvalue weighted by Gasteiger charge is 2.07. The van der Waals surface area contributed by atoms with Crippen molar-refractivity contribution in [2.45, 2.75) is 6.54 Å². The summed E-state index contributed by atoms with van der Waals surface area (Å²) >= 11 is 0. The third-order valence-corrected chi connectivity index (χ3v) is 2.65. The highest BCUT2D eigenvalue weighted by molar-refractivity contribution is 5.88. The summed E-state index contributed by atoms with van der Waals surface area (Å²) in [6.07, 6.45) is 1.51. The number of aromatic nitrogens is 1. The molecule has 0 saturated carbocycles. The number of nitrogens with zero attached hydrogens (tertiary/aromatic N) is 2. The van der Waals surface area contributed by atoms with Crippen molar-refractivity contribution < 1.29 is 9.90 Å². The molecule has 0 bridgehead atoms. The molecule has 0 fully saturated rings. The molecule has 4 heteroatoms. The number of hydrogen-bond acceptors (Lipinski definition) is 3. The van der Waals surface area contributed by atoms with E-state index < -0.39 is 5.97 Å². The zero-order valence-corrected chi connectivity index (χ0v) is 10.1. The number of benzene rings is 1. The predicted octanol–water partition coefficient (Wildman–Crippen LogP) is 2.42. The standard InChI is InChI=1S/C14H14N2O2/c1-16(10-11-5-3-2-4-6-11)13-9-12(14(17)18)7-8-15-13/h2-9H,10H2,1H3,(H,17,18). The number of pyridine rings is 1. The molecule has 0 spiro atoms. The van der Waals surface area contributed by atoms with Crippen molar-refractivity contribution in [3.63, 3.8) is 0 Å². The van der Waals surface area contributed by atoms with Crippen LogP contribution in [0.3, 0.4) is 0 Å². The van der Waals surface area contributed by atoms with Gasteiger partial charge in [-0.15, -0.1) is 0 Å². The molecular formula is C14H14N2O2. The van der Waals surface area contributed by atoms with Crippen LogP contribution in [0.4, 0.5) is 5.82 Å². The molecule has 0 radical (unpaired) electrons. The van der Waals surface area contributed by atoms with E-state index in [9.17, 15) is 4.79 Å². The first-order valence-electron chi connectivity index (χ1n) is 5.61. The molecule has 0 amide bonds. The number of carboxylic acid groups (broad SMARTS) is 1. The van der Waals surface area contributed by atoms with Crippen LogP contribution in [0.2, 0.25) is 0 Å². The van der Waals surface area contributed by atoms with Crippen LogP contribution >= 0.6 is 0 Å². The molecule has 1 aromatic carbocycles. The summed E-state index contributed by atoms with van der Waals surface area (Å²) < 4.78 is 0. The zero-order valence-electron chi connectivity index (χ0n) is 10.1. The van der Waals surface area contributed by atoms with Crippen LogP contribution in [0.15, 0.2) is 48.7 Å². The summed E-state index contributed by atoms with van der Waals surface area (Å²) in [5.41, 5.74) is 1.41. The van der Waals surface area contributed by atoms with Crippen molar-refractivity contribution in [1.82, 2.24) is 4.98 Å². The molecule has 2 aromatic rings. The van der Waals surface area contributed by atoms with Gasteiger partial charge in [-0.2, -0.15) is 0 Å². The van der Waals surface area contributed by atoms with E-state index in [1.165, 1.54) is 12.3 Å². The maximum Gasteiger partial charge on any atom is 0.335 e. The van der Waals surface area contributed by atoms with E-state index in [0.717, 1.165) is 5.56 Å². The molecule has 1 heterocycles. The number of aromatic carboxylic acids is 1. The average Bonchev–Trinajstić information content (AvgIpc) is 2.40. The summed E-state index contributed by atoms with van der Waals surface area (Å²) in [4.78, 5) is 17.0. The van der Waals surface area contributed by atoms with Gasteiger partial charge in [0.15, 0.2) is 0 Å². The smallest absolute Gasteiger partial charge is 0.335 e. The summed E-state index contributed by atoms with van der Waals surface area (Å²) in [7, 11) is 1.89. The van der Waals surface area contributed by atoms with Crippen LogP contribution in [0, 0.1) is 0 Å². The second kappa shape index (κ2) is 5.31. The Bertz CT molecular complexity index is 541. The Morgan fingerprint density at radius 2 is 2.00 bits per heavy atom. The first kappa shape index (κ1) is 12.1. The normalized spacial score (nSPS) is 10.1. The van der Waals surface area contributed by atoms with Crippen LogP contribution in [0.25, 0.3) is 0 Å². The highest BCUT2D eigenvalue weighted by Crippen LogP contribution is 2.14. The molecule has 0 saturated heterocycles. The van der Waals surface area contributed by atoms with Gasteiger partial charge in [0.2, 0.25) is 0 Å². The fraction of sp³-hybridized carbons (Fsp3) is 0.143. The lowest BCUT2D eigenvalue weighted by atomic mass is 10.2. The SMILES string of the molecule is CN(Cc1ccccc1)c1cc(C(=O)O)ccn1. The number of hydrogen-bond donors (Lipinski definition) is 1. The number of carbonyl (C=O) groups is 1. The van der Waals surface area contributed by atoms with Crippen molar-refractivity contribution in [2.24, 2.45) is 0 Å². The van der Waals surface area contributed by atoms with E-state index in [-0.39, 0.29) is 5.56 Å². The summed E-state index contributed by atoms with van der Waals surface area (Å²) in [5, 5.41) is 8.93.